The maximum atomic E-state index is 13.4. The molecule has 0 amide bonds. The Morgan fingerprint density at radius 3 is 2.81 bits per heavy atom. The van der Waals surface area contributed by atoms with Crippen LogP contribution in [0.1, 0.15) is 11.1 Å². The van der Waals surface area contributed by atoms with E-state index in [1.165, 1.54) is 13.2 Å². The van der Waals surface area contributed by atoms with Crippen molar-refractivity contribution in [1.29, 1.82) is 0 Å². The first-order valence-corrected chi connectivity index (χ1v) is 4.79. The zero-order valence-corrected chi connectivity index (χ0v) is 8.94. The molecular weight excluding hydrogens is 213 g/mol. The molecule has 3 N–H and O–H groups in total. The summed E-state index contributed by atoms with van der Waals surface area (Å²) in [5, 5.41) is 8.61. The second-order valence-corrected chi connectivity index (χ2v) is 3.51. The molecule has 0 fully saturated rings. The first-order valence-electron chi connectivity index (χ1n) is 4.79. The molecule has 0 heterocycles. The molecule has 0 aliphatic carbocycles. The van der Waals surface area contributed by atoms with E-state index in [-0.39, 0.29) is 13.0 Å². The zero-order chi connectivity index (χ0) is 12.1. The van der Waals surface area contributed by atoms with Crippen molar-refractivity contribution in [2.45, 2.75) is 19.1 Å². The fourth-order valence-electron chi connectivity index (χ4n) is 1.33. The van der Waals surface area contributed by atoms with Gasteiger partial charge in [-0.25, -0.2) is 4.39 Å². The molecular formula is C11H14FNO3. The Balaban J connectivity index is 2.77. The van der Waals surface area contributed by atoms with Gasteiger partial charge < -0.3 is 15.6 Å². The standard InChI is InChI=1S/C11H14FNO3/c1-16-6-8-3-2-7(4-9(8)12)5-10(13)11(14)15/h2-4,10H,5-6,13H2,1H3,(H,14,15). The molecule has 0 saturated heterocycles. The summed E-state index contributed by atoms with van der Waals surface area (Å²) in [5.41, 5.74) is 6.35. The van der Waals surface area contributed by atoms with E-state index in [1.54, 1.807) is 12.1 Å². The predicted octanol–water partition coefficient (Wildman–Crippen LogP) is 0.927. The lowest BCUT2D eigenvalue weighted by Gasteiger charge is -2.08. The Morgan fingerprint density at radius 1 is 1.62 bits per heavy atom. The molecule has 4 nitrogen and oxygen atoms in total. The van der Waals surface area contributed by atoms with Gasteiger partial charge >= 0.3 is 5.97 Å². The lowest BCUT2D eigenvalue weighted by Crippen LogP contribution is -2.32. The summed E-state index contributed by atoms with van der Waals surface area (Å²) in [6, 6.07) is 3.51. The maximum absolute atomic E-state index is 13.4. The molecule has 1 unspecified atom stereocenters. The van der Waals surface area contributed by atoms with Gasteiger partial charge in [-0.05, 0) is 18.1 Å². The van der Waals surface area contributed by atoms with E-state index >= 15 is 0 Å². The van der Waals surface area contributed by atoms with Crippen LogP contribution in [-0.2, 0) is 22.6 Å². The van der Waals surface area contributed by atoms with Crippen LogP contribution in [0.4, 0.5) is 4.39 Å². The molecule has 1 rings (SSSR count). The van der Waals surface area contributed by atoms with Crippen molar-refractivity contribution in [2.24, 2.45) is 5.73 Å². The van der Waals surface area contributed by atoms with Gasteiger partial charge in [0.2, 0.25) is 0 Å². The van der Waals surface area contributed by atoms with Gasteiger partial charge in [0.1, 0.15) is 11.9 Å². The summed E-state index contributed by atoms with van der Waals surface area (Å²) in [5.74, 6) is -1.50. The maximum Gasteiger partial charge on any atom is 0.320 e. The van der Waals surface area contributed by atoms with Crippen LogP contribution in [-0.4, -0.2) is 24.2 Å². The van der Waals surface area contributed by atoms with E-state index in [1.807, 2.05) is 0 Å². The number of rotatable bonds is 5. The Morgan fingerprint density at radius 2 is 2.31 bits per heavy atom. The minimum atomic E-state index is -1.10. The van der Waals surface area contributed by atoms with Crippen LogP contribution in [0.25, 0.3) is 0 Å². The summed E-state index contributed by atoms with van der Waals surface area (Å²) >= 11 is 0. The van der Waals surface area contributed by atoms with Gasteiger partial charge in [-0.3, -0.25) is 4.79 Å². The molecule has 88 valence electrons. The summed E-state index contributed by atoms with van der Waals surface area (Å²) in [6.07, 6.45) is 0.111. The highest BCUT2D eigenvalue weighted by Crippen LogP contribution is 2.12. The normalized spacial score (nSPS) is 12.4. The van der Waals surface area contributed by atoms with Crippen molar-refractivity contribution in [3.63, 3.8) is 0 Å². The van der Waals surface area contributed by atoms with Gasteiger partial charge in [-0.2, -0.15) is 0 Å². The molecule has 0 spiro atoms. The molecule has 0 saturated carbocycles. The largest absolute Gasteiger partial charge is 0.480 e. The van der Waals surface area contributed by atoms with Crippen LogP contribution in [0.3, 0.4) is 0 Å². The lowest BCUT2D eigenvalue weighted by molar-refractivity contribution is -0.138. The van der Waals surface area contributed by atoms with E-state index in [4.69, 9.17) is 15.6 Å². The highest BCUT2D eigenvalue weighted by Gasteiger charge is 2.13. The van der Waals surface area contributed by atoms with Crippen molar-refractivity contribution in [3.8, 4) is 0 Å². The predicted molar refractivity (Wildman–Crippen MR) is 56.4 cm³/mol. The van der Waals surface area contributed by atoms with E-state index in [9.17, 15) is 9.18 Å². The summed E-state index contributed by atoms with van der Waals surface area (Å²) in [4.78, 5) is 10.5. The molecule has 16 heavy (non-hydrogen) atoms. The average molecular weight is 227 g/mol. The fourth-order valence-corrected chi connectivity index (χ4v) is 1.33. The number of carboxylic acids is 1. The number of aliphatic carboxylic acids is 1. The second kappa shape index (κ2) is 5.58. The molecule has 0 aliphatic heterocycles. The molecule has 1 aromatic rings. The molecule has 5 heteroatoms. The Bertz CT molecular complexity index is 381. The number of carboxylic acid groups (broad SMARTS) is 1. The fraction of sp³-hybridized carbons (Fsp3) is 0.364. The number of nitrogens with two attached hydrogens (primary N) is 1. The molecule has 0 aliphatic rings. The quantitative estimate of drug-likeness (QED) is 0.784. The lowest BCUT2D eigenvalue weighted by atomic mass is 10.0. The van der Waals surface area contributed by atoms with Gasteiger partial charge in [-0.15, -0.1) is 0 Å². The second-order valence-electron chi connectivity index (χ2n) is 3.51. The number of hydrogen-bond acceptors (Lipinski definition) is 3. The van der Waals surface area contributed by atoms with Crippen LogP contribution in [0, 0.1) is 5.82 Å². The number of hydrogen-bond donors (Lipinski definition) is 2. The molecule has 1 aromatic carbocycles. The SMILES string of the molecule is COCc1ccc(CC(N)C(=O)O)cc1F. The average Bonchev–Trinajstić information content (AvgIpc) is 2.22. The Hall–Kier alpha value is -1.46. The Kier molecular flexibility index (Phi) is 4.39. The van der Waals surface area contributed by atoms with E-state index in [0.717, 1.165) is 0 Å². The first-order chi connectivity index (χ1) is 7.54. The van der Waals surface area contributed by atoms with Crippen molar-refractivity contribution >= 4 is 5.97 Å². The first kappa shape index (κ1) is 12.6. The van der Waals surface area contributed by atoms with Crippen LogP contribution < -0.4 is 5.73 Å². The third kappa shape index (κ3) is 3.29. The number of carbonyl (C=O) groups is 1. The number of benzene rings is 1. The zero-order valence-electron chi connectivity index (χ0n) is 8.94. The van der Waals surface area contributed by atoms with Crippen molar-refractivity contribution < 1.29 is 19.0 Å². The third-order valence-electron chi connectivity index (χ3n) is 2.19. The monoisotopic (exact) mass is 227 g/mol. The Labute approximate surface area is 92.8 Å². The van der Waals surface area contributed by atoms with Gasteiger partial charge in [0.15, 0.2) is 0 Å². The van der Waals surface area contributed by atoms with Gasteiger partial charge in [0.05, 0.1) is 6.61 Å². The summed E-state index contributed by atoms with van der Waals surface area (Å²) < 4.78 is 18.2. The summed E-state index contributed by atoms with van der Waals surface area (Å²) in [6.45, 7) is 0.192. The van der Waals surface area contributed by atoms with E-state index < -0.39 is 17.8 Å². The number of ether oxygens (including phenoxy) is 1. The number of halogens is 1. The van der Waals surface area contributed by atoms with Crippen molar-refractivity contribution in [3.05, 3.63) is 35.1 Å². The molecule has 0 radical (unpaired) electrons. The van der Waals surface area contributed by atoms with Crippen LogP contribution in [0.5, 0.6) is 0 Å². The number of methoxy groups -OCH3 is 1. The molecule has 0 bridgehead atoms. The highest BCUT2D eigenvalue weighted by molar-refractivity contribution is 5.73. The molecule has 0 aromatic heterocycles. The van der Waals surface area contributed by atoms with Crippen LogP contribution in [0.2, 0.25) is 0 Å². The van der Waals surface area contributed by atoms with E-state index in [0.29, 0.717) is 11.1 Å². The topological polar surface area (TPSA) is 72.5 Å². The third-order valence-corrected chi connectivity index (χ3v) is 2.19. The van der Waals surface area contributed by atoms with Crippen molar-refractivity contribution in [1.82, 2.24) is 0 Å². The minimum Gasteiger partial charge on any atom is -0.480 e. The van der Waals surface area contributed by atoms with Crippen LogP contribution >= 0.6 is 0 Å². The van der Waals surface area contributed by atoms with Gasteiger partial charge in [0.25, 0.3) is 0 Å². The highest BCUT2D eigenvalue weighted by atomic mass is 19.1. The minimum absolute atomic E-state index is 0.111. The van der Waals surface area contributed by atoms with Crippen LogP contribution in [0.15, 0.2) is 18.2 Å². The van der Waals surface area contributed by atoms with Gasteiger partial charge in [-0.1, -0.05) is 12.1 Å². The summed E-state index contributed by atoms with van der Waals surface area (Å²) in [7, 11) is 1.48. The van der Waals surface area contributed by atoms with Crippen molar-refractivity contribution in [2.75, 3.05) is 7.11 Å². The smallest absolute Gasteiger partial charge is 0.320 e. The molecule has 1 atom stereocenters. The van der Waals surface area contributed by atoms with Gasteiger partial charge in [0, 0.05) is 12.7 Å². The van der Waals surface area contributed by atoms with E-state index in [2.05, 4.69) is 0 Å².